The molecule has 7 rings (SSSR count). The number of aromatic amines is 2. The molecule has 0 bridgehead atoms. The Morgan fingerprint density at radius 3 is 2.83 bits per heavy atom. The molecule has 1 aromatic carbocycles. The average Bonchev–Trinajstić information content (AvgIpc) is 3.33. The lowest BCUT2D eigenvalue weighted by atomic mass is 10.2. The van der Waals surface area contributed by atoms with Gasteiger partial charge in [-0.15, -0.1) is 0 Å². The zero-order chi connectivity index (χ0) is 27.9. The second-order valence-electron chi connectivity index (χ2n) is 10.5. The number of carbonyl (C=O) groups is 1. The van der Waals surface area contributed by atoms with Crippen LogP contribution < -0.4 is 21.8 Å². The molecule has 1 aliphatic heterocycles. The molecule has 5 heterocycles. The Labute approximate surface area is 232 Å². The number of likely N-dealkylation sites (tertiary alicyclic amines) is 1. The van der Waals surface area contributed by atoms with Gasteiger partial charge in [-0.3, -0.25) is 14.3 Å². The minimum atomic E-state index is -0.523. The molecule has 2 aliphatic rings. The molecule has 5 aromatic rings. The summed E-state index contributed by atoms with van der Waals surface area (Å²) in [6.07, 6.45) is 10.2. The highest BCUT2D eigenvalue weighted by Crippen LogP contribution is 2.22. The van der Waals surface area contributed by atoms with Crippen LogP contribution in [0.5, 0.6) is 5.88 Å². The van der Waals surface area contributed by atoms with Crippen LogP contribution in [0.15, 0.2) is 40.5 Å². The number of H-pyrrole nitrogens is 2. The predicted octanol–water partition coefficient (Wildman–Crippen LogP) is 0.0117. The molecule has 14 nitrogen and oxygen atoms in total. The van der Waals surface area contributed by atoms with E-state index in [0.717, 1.165) is 44.4 Å². The second-order valence-corrected chi connectivity index (χ2v) is 10.5. The first-order valence-corrected chi connectivity index (χ1v) is 13.8. The maximum absolute atomic E-state index is 12.8. The number of rotatable bonds is 8. The van der Waals surface area contributed by atoms with E-state index >= 15 is 0 Å². The van der Waals surface area contributed by atoms with Crippen molar-refractivity contribution < 1.29 is 9.90 Å². The van der Waals surface area contributed by atoms with E-state index in [1.165, 1.54) is 12.8 Å². The van der Waals surface area contributed by atoms with Crippen molar-refractivity contribution in [2.75, 3.05) is 26.2 Å². The summed E-state index contributed by atoms with van der Waals surface area (Å²) in [6.45, 7) is 3.93. The number of aromatic nitrogens is 8. The molecule has 14 heteroatoms. The number of imidazole rings is 2. The molecule has 0 atom stereocenters. The number of amides is 1. The molecule has 2 fully saturated rings. The fourth-order valence-corrected chi connectivity index (χ4v) is 5.10. The van der Waals surface area contributed by atoms with Crippen LogP contribution in [0, 0.1) is 0 Å². The largest absolute Gasteiger partial charge is 0.493 e. The summed E-state index contributed by atoms with van der Waals surface area (Å²) in [6, 6.07) is 5.55. The topological polar surface area (TPSA) is 174 Å². The van der Waals surface area contributed by atoms with Crippen LogP contribution in [0.3, 0.4) is 0 Å². The zero-order valence-electron chi connectivity index (χ0n) is 22.2. The van der Waals surface area contributed by atoms with E-state index < -0.39 is 5.69 Å². The van der Waals surface area contributed by atoms with Gasteiger partial charge in [0.15, 0.2) is 5.65 Å². The SMILES string of the molecule is O=C(NCCCN1CCCC1)c1ccc2c(c1)ncn2-c1nc(=NC2CC2)n2nc/c(=C\c3[nH]c(=O)[nH]c3O)c2n1. The van der Waals surface area contributed by atoms with E-state index in [-0.39, 0.29) is 23.5 Å². The van der Waals surface area contributed by atoms with E-state index in [1.54, 1.807) is 39.8 Å². The number of fused-ring (bicyclic) bond motifs is 2. The molecular weight excluding hydrogens is 526 g/mol. The molecule has 1 saturated carbocycles. The highest BCUT2D eigenvalue weighted by atomic mass is 16.3. The lowest BCUT2D eigenvalue weighted by Gasteiger charge is -2.14. The van der Waals surface area contributed by atoms with Crippen molar-refractivity contribution in [3.05, 3.63) is 63.3 Å². The summed E-state index contributed by atoms with van der Waals surface area (Å²) in [5.41, 5.74) is 2.43. The van der Waals surface area contributed by atoms with Crippen LogP contribution in [0.25, 0.3) is 28.7 Å². The van der Waals surface area contributed by atoms with Gasteiger partial charge in [-0.2, -0.15) is 19.6 Å². The van der Waals surface area contributed by atoms with Gasteiger partial charge in [-0.1, -0.05) is 0 Å². The van der Waals surface area contributed by atoms with Gasteiger partial charge in [0.05, 0.1) is 23.3 Å². The standard InChI is InChI=1S/C27H29N11O3/c39-23(28-8-3-11-36-9-1-2-10-36)16-4-7-21-19(12-16)29-15-37(21)25-33-22-17(13-20-24(40)34-27(41)32-20)14-30-38(22)26(35-25)31-18-5-6-18/h4,7,12-15,18,40H,1-3,5-6,8-11H2,(H,28,39)(H2,32,34,41)/b17-13+,31-26?. The van der Waals surface area contributed by atoms with Gasteiger partial charge in [-0.05, 0) is 76.0 Å². The van der Waals surface area contributed by atoms with Gasteiger partial charge < -0.3 is 20.3 Å². The third-order valence-corrected chi connectivity index (χ3v) is 7.41. The van der Waals surface area contributed by atoms with Crippen molar-refractivity contribution >= 4 is 28.7 Å². The highest BCUT2D eigenvalue weighted by molar-refractivity contribution is 5.97. The van der Waals surface area contributed by atoms with Crippen molar-refractivity contribution in [1.82, 2.24) is 49.3 Å². The molecule has 210 valence electrons. The summed E-state index contributed by atoms with van der Waals surface area (Å²) in [5, 5.41) is 18.0. The summed E-state index contributed by atoms with van der Waals surface area (Å²) in [5.74, 6) is -0.0736. The first kappa shape index (κ1) is 25.1. The van der Waals surface area contributed by atoms with Gasteiger partial charge in [0.1, 0.15) is 12.0 Å². The number of benzene rings is 1. The number of carbonyl (C=O) groups excluding carboxylic acids is 1. The summed E-state index contributed by atoms with van der Waals surface area (Å²) >= 11 is 0. The van der Waals surface area contributed by atoms with Crippen LogP contribution in [0.2, 0.25) is 0 Å². The lowest BCUT2D eigenvalue weighted by Crippen LogP contribution is -2.28. The Kier molecular flexibility index (Phi) is 6.30. The summed E-state index contributed by atoms with van der Waals surface area (Å²) < 4.78 is 3.28. The Morgan fingerprint density at radius 2 is 2.05 bits per heavy atom. The maximum atomic E-state index is 12.8. The van der Waals surface area contributed by atoms with Crippen molar-refractivity contribution in [1.29, 1.82) is 0 Å². The van der Waals surface area contributed by atoms with Crippen molar-refractivity contribution in [3.8, 4) is 11.8 Å². The fourth-order valence-electron chi connectivity index (χ4n) is 5.10. The van der Waals surface area contributed by atoms with E-state index in [0.29, 0.717) is 40.1 Å². The van der Waals surface area contributed by atoms with E-state index in [2.05, 4.69) is 30.3 Å². The van der Waals surface area contributed by atoms with Crippen LogP contribution in [-0.2, 0) is 0 Å². The molecular formula is C27H29N11O3. The Balaban J connectivity index is 1.20. The molecule has 1 saturated heterocycles. The van der Waals surface area contributed by atoms with Gasteiger partial charge in [0, 0.05) is 17.3 Å². The van der Waals surface area contributed by atoms with Crippen LogP contribution >= 0.6 is 0 Å². The third kappa shape index (κ3) is 5.09. The average molecular weight is 556 g/mol. The van der Waals surface area contributed by atoms with Crippen molar-refractivity contribution in [2.45, 2.75) is 38.1 Å². The third-order valence-electron chi connectivity index (χ3n) is 7.41. The Bertz CT molecular complexity index is 1940. The van der Waals surface area contributed by atoms with Crippen LogP contribution in [0.4, 0.5) is 0 Å². The van der Waals surface area contributed by atoms with E-state index in [4.69, 9.17) is 15.0 Å². The first-order valence-electron chi connectivity index (χ1n) is 13.8. The van der Waals surface area contributed by atoms with Crippen LogP contribution in [0.1, 0.15) is 48.2 Å². The lowest BCUT2D eigenvalue weighted by molar-refractivity contribution is 0.0952. The smallest absolute Gasteiger partial charge is 0.326 e. The number of aromatic hydroxyl groups is 1. The van der Waals surface area contributed by atoms with Gasteiger partial charge in [-0.25, -0.2) is 14.8 Å². The zero-order valence-corrected chi connectivity index (χ0v) is 22.2. The Hall–Kier alpha value is -4.85. The Morgan fingerprint density at radius 1 is 1.20 bits per heavy atom. The number of hydrogen-bond donors (Lipinski definition) is 4. The molecule has 0 radical (unpaired) electrons. The van der Waals surface area contributed by atoms with Crippen molar-refractivity contribution in [2.24, 2.45) is 4.99 Å². The van der Waals surface area contributed by atoms with E-state index in [1.807, 2.05) is 6.07 Å². The molecule has 41 heavy (non-hydrogen) atoms. The van der Waals surface area contributed by atoms with Crippen molar-refractivity contribution in [3.63, 3.8) is 0 Å². The number of nitrogens with one attached hydrogen (secondary N) is 3. The van der Waals surface area contributed by atoms with Gasteiger partial charge in [0.25, 0.3) is 11.5 Å². The molecule has 4 N–H and O–H groups in total. The second kappa shape index (κ2) is 10.3. The fraction of sp³-hybridized carbons (Fsp3) is 0.370. The van der Waals surface area contributed by atoms with E-state index in [9.17, 15) is 14.7 Å². The normalized spacial score (nSPS) is 16.9. The maximum Gasteiger partial charge on any atom is 0.326 e. The van der Waals surface area contributed by atoms with Gasteiger partial charge in [0.2, 0.25) is 11.8 Å². The molecule has 0 unspecified atom stereocenters. The quantitative estimate of drug-likeness (QED) is 0.194. The number of nitrogens with zero attached hydrogens (tertiary/aromatic N) is 8. The minimum absolute atomic E-state index is 0.128. The molecule has 1 aliphatic carbocycles. The molecule has 1 amide bonds. The molecule has 4 aromatic heterocycles. The monoisotopic (exact) mass is 555 g/mol. The predicted molar refractivity (Wildman–Crippen MR) is 148 cm³/mol. The highest BCUT2D eigenvalue weighted by Gasteiger charge is 2.21. The summed E-state index contributed by atoms with van der Waals surface area (Å²) in [7, 11) is 0. The minimum Gasteiger partial charge on any atom is -0.493 e. The number of hydrogen-bond acceptors (Lipinski definition) is 9. The van der Waals surface area contributed by atoms with Crippen LogP contribution in [-0.4, -0.2) is 87.2 Å². The molecule has 0 spiro atoms. The summed E-state index contributed by atoms with van der Waals surface area (Å²) in [4.78, 5) is 50.4. The first-order chi connectivity index (χ1) is 20.0. The van der Waals surface area contributed by atoms with Gasteiger partial charge >= 0.3 is 5.69 Å².